The number of methoxy groups -OCH3 is 2. The zero-order valence-electron chi connectivity index (χ0n) is 12.9. The van der Waals surface area contributed by atoms with Crippen LogP contribution >= 0.6 is 0 Å². The number of hydrogen-bond acceptors (Lipinski definition) is 4. The Morgan fingerprint density at radius 3 is 2.55 bits per heavy atom. The topological polar surface area (TPSA) is 39.7 Å². The number of nitrogens with one attached hydrogen (secondary N) is 1. The predicted molar refractivity (Wildman–Crippen MR) is 81.6 cm³/mol. The lowest BCUT2D eigenvalue weighted by atomic mass is 10.2. The summed E-state index contributed by atoms with van der Waals surface area (Å²) in [7, 11) is 3.39. The van der Waals surface area contributed by atoms with Gasteiger partial charge in [0.2, 0.25) is 0 Å². The van der Waals surface area contributed by atoms with Gasteiger partial charge in [0.1, 0.15) is 0 Å². The molecule has 0 aromatic heterocycles. The molecule has 0 amide bonds. The van der Waals surface area contributed by atoms with Crippen LogP contribution in [-0.4, -0.2) is 34.0 Å². The quantitative estimate of drug-likeness (QED) is 0.633. The van der Waals surface area contributed by atoms with Gasteiger partial charge in [-0.25, -0.2) is 0 Å². The number of ether oxygens (including phenoxy) is 3. The van der Waals surface area contributed by atoms with Crippen molar-refractivity contribution in [2.75, 3.05) is 34.0 Å². The lowest BCUT2D eigenvalue weighted by molar-refractivity contribution is 0.183. The highest BCUT2D eigenvalue weighted by Gasteiger charge is 2.05. The molecule has 1 aromatic rings. The average Bonchev–Trinajstić information content (AvgIpc) is 2.48. The van der Waals surface area contributed by atoms with Crippen LogP contribution in [0.1, 0.15) is 31.7 Å². The summed E-state index contributed by atoms with van der Waals surface area (Å²) >= 11 is 0. The molecular formula is C16H27NO3. The van der Waals surface area contributed by atoms with Crippen molar-refractivity contribution in [1.82, 2.24) is 5.32 Å². The molecule has 0 fully saturated rings. The number of unbranched alkanes of at least 4 members (excludes halogenated alkanes) is 1. The number of hydrogen-bond donors (Lipinski definition) is 1. The van der Waals surface area contributed by atoms with Gasteiger partial charge in [-0.3, -0.25) is 0 Å². The molecule has 0 radical (unpaired) electrons. The second-order valence-corrected chi connectivity index (χ2v) is 4.71. The molecule has 4 heteroatoms. The molecule has 1 N–H and O–H groups in total. The molecule has 4 nitrogen and oxygen atoms in total. The molecule has 0 saturated heterocycles. The van der Waals surface area contributed by atoms with Crippen molar-refractivity contribution in [3.8, 4) is 11.5 Å². The molecule has 0 atom stereocenters. The minimum Gasteiger partial charge on any atom is -0.493 e. The van der Waals surface area contributed by atoms with Crippen LogP contribution in [0.4, 0.5) is 0 Å². The largest absolute Gasteiger partial charge is 0.493 e. The molecule has 0 spiro atoms. The maximum atomic E-state index is 5.75. The lowest BCUT2D eigenvalue weighted by Gasteiger charge is -2.12. The van der Waals surface area contributed by atoms with Gasteiger partial charge in [-0.2, -0.15) is 0 Å². The Kier molecular flexibility index (Phi) is 8.83. The Balaban J connectivity index is 2.45. The number of rotatable bonds is 11. The highest BCUT2D eigenvalue weighted by molar-refractivity contribution is 5.42. The molecule has 0 aliphatic rings. The van der Waals surface area contributed by atoms with Crippen molar-refractivity contribution >= 4 is 0 Å². The SMILES string of the molecule is CCCNCc1ccc(OCCCCOC)c(OC)c1. The monoisotopic (exact) mass is 281 g/mol. The van der Waals surface area contributed by atoms with E-state index >= 15 is 0 Å². The van der Waals surface area contributed by atoms with Crippen molar-refractivity contribution in [2.24, 2.45) is 0 Å². The summed E-state index contributed by atoms with van der Waals surface area (Å²) in [5, 5.41) is 3.38. The third-order valence-electron chi connectivity index (χ3n) is 2.98. The zero-order valence-corrected chi connectivity index (χ0v) is 12.9. The summed E-state index contributed by atoms with van der Waals surface area (Å²) in [6, 6.07) is 6.10. The van der Waals surface area contributed by atoms with Gasteiger partial charge in [0, 0.05) is 20.3 Å². The summed E-state index contributed by atoms with van der Waals surface area (Å²) < 4.78 is 16.2. The van der Waals surface area contributed by atoms with Crippen LogP contribution in [0.5, 0.6) is 11.5 Å². The summed E-state index contributed by atoms with van der Waals surface area (Å²) in [5.41, 5.74) is 1.21. The van der Waals surface area contributed by atoms with Gasteiger partial charge in [-0.05, 0) is 43.5 Å². The minimum absolute atomic E-state index is 0.688. The minimum atomic E-state index is 0.688. The lowest BCUT2D eigenvalue weighted by Crippen LogP contribution is -2.13. The van der Waals surface area contributed by atoms with E-state index in [1.807, 2.05) is 12.1 Å². The number of benzene rings is 1. The highest BCUT2D eigenvalue weighted by Crippen LogP contribution is 2.28. The highest BCUT2D eigenvalue weighted by atomic mass is 16.5. The van der Waals surface area contributed by atoms with Crippen LogP contribution < -0.4 is 14.8 Å². The molecule has 114 valence electrons. The fourth-order valence-corrected chi connectivity index (χ4v) is 1.88. The molecule has 0 aliphatic heterocycles. The van der Waals surface area contributed by atoms with E-state index in [1.165, 1.54) is 5.56 Å². The second-order valence-electron chi connectivity index (χ2n) is 4.71. The molecule has 1 aromatic carbocycles. The van der Waals surface area contributed by atoms with E-state index in [2.05, 4.69) is 18.3 Å². The summed E-state index contributed by atoms with van der Waals surface area (Å²) in [6.07, 6.45) is 3.13. The smallest absolute Gasteiger partial charge is 0.161 e. The fourth-order valence-electron chi connectivity index (χ4n) is 1.88. The molecule has 20 heavy (non-hydrogen) atoms. The Hall–Kier alpha value is -1.26. The van der Waals surface area contributed by atoms with E-state index in [-0.39, 0.29) is 0 Å². The van der Waals surface area contributed by atoms with E-state index in [1.54, 1.807) is 14.2 Å². The molecular weight excluding hydrogens is 254 g/mol. The van der Waals surface area contributed by atoms with Crippen LogP contribution in [0.3, 0.4) is 0 Å². The van der Waals surface area contributed by atoms with Crippen molar-refractivity contribution in [2.45, 2.75) is 32.7 Å². The molecule has 0 saturated carbocycles. The van der Waals surface area contributed by atoms with Crippen LogP contribution in [-0.2, 0) is 11.3 Å². The van der Waals surface area contributed by atoms with E-state index in [9.17, 15) is 0 Å². The van der Waals surface area contributed by atoms with Crippen molar-refractivity contribution < 1.29 is 14.2 Å². The third-order valence-corrected chi connectivity index (χ3v) is 2.98. The van der Waals surface area contributed by atoms with E-state index < -0.39 is 0 Å². The molecule has 0 heterocycles. The van der Waals surface area contributed by atoms with Gasteiger partial charge in [-0.1, -0.05) is 13.0 Å². The Morgan fingerprint density at radius 2 is 1.85 bits per heavy atom. The van der Waals surface area contributed by atoms with Crippen molar-refractivity contribution in [1.29, 1.82) is 0 Å². The van der Waals surface area contributed by atoms with Crippen LogP contribution in [0.15, 0.2) is 18.2 Å². The zero-order chi connectivity index (χ0) is 14.6. The van der Waals surface area contributed by atoms with Gasteiger partial charge in [-0.15, -0.1) is 0 Å². The van der Waals surface area contributed by atoms with E-state index in [4.69, 9.17) is 14.2 Å². The summed E-state index contributed by atoms with van der Waals surface area (Å²) in [5.74, 6) is 1.61. The summed E-state index contributed by atoms with van der Waals surface area (Å²) in [4.78, 5) is 0. The first-order valence-electron chi connectivity index (χ1n) is 7.31. The van der Waals surface area contributed by atoms with Crippen molar-refractivity contribution in [3.63, 3.8) is 0 Å². The van der Waals surface area contributed by atoms with Crippen LogP contribution in [0, 0.1) is 0 Å². The van der Waals surface area contributed by atoms with Gasteiger partial charge in [0.15, 0.2) is 11.5 Å². The van der Waals surface area contributed by atoms with Crippen molar-refractivity contribution in [3.05, 3.63) is 23.8 Å². The standard InChI is InChI=1S/C16H27NO3/c1-4-9-17-13-14-7-8-15(16(12-14)19-3)20-11-6-5-10-18-2/h7-8,12,17H,4-6,9-11,13H2,1-3H3. The first-order valence-corrected chi connectivity index (χ1v) is 7.31. The maximum absolute atomic E-state index is 5.75. The second kappa shape index (κ2) is 10.5. The Labute approximate surface area is 122 Å². The van der Waals surface area contributed by atoms with E-state index in [0.717, 1.165) is 50.5 Å². The molecule has 0 unspecified atom stereocenters. The van der Waals surface area contributed by atoms with Gasteiger partial charge < -0.3 is 19.5 Å². The average molecular weight is 281 g/mol. The van der Waals surface area contributed by atoms with Crippen LogP contribution in [0.25, 0.3) is 0 Å². The Bertz CT molecular complexity index is 369. The molecule has 0 aliphatic carbocycles. The van der Waals surface area contributed by atoms with Gasteiger partial charge >= 0.3 is 0 Å². The molecule has 1 rings (SSSR count). The Morgan fingerprint density at radius 1 is 1.05 bits per heavy atom. The normalized spacial score (nSPS) is 10.6. The maximum Gasteiger partial charge on any atom is 0.161 e. The summed E-state index contributed by atoms with van der Waals surface area (Å²) in [6.45, 7) is 5.52. The predicted octanol–water partition coefficient (Wildman–Crippen LogP) is 3.00. The fraction of sp³-hybridized carbons (Fsp3) is 0.625. The van der Waals surface area contributed by atoms with Gasteiger partial charge in [0.05, 0.1) is 13.7 Å². The first kappa shape index (κ1) is 16.8. The van der Waals surface area contributed by atoms with Crippen LogP contribution in [0.2, 0.25) is 0 Å². The van der Waals surface area contributed by atoms with E-state index in [0.29, 0.717) is 6.61 Å². The third kappa shape index (κ3) is 6.26. The molecule has 0 bridgehead atoms. The van der Waals surface area contributed by atoms with Gasteiger partial charge in [0.25, 0.3) is 0 Å². The first-order chi connectivity index (χ1) is 9.81.